The third-order valence-electron chi connectivity index (χ3n) is 4.35. The van der Waals surface area contributed by atoms with E-state index in [9.17, 15) is 9.18 Å². The molecule has 0 radical (unpaired) electrons. The predicted octanol–water partition coefficient (Wildman–Crippen LogP) is 4.87. The monoisotopic (exact) mass is 347 g/mol. The van der Waals surface area contributed by atoms with Gasteiger partial charge in [-0.25, -0.2) is 4.39 Å². The van der Waals surface area contributed by atoms with Crippen molar-refractivity contribution in [1.29, 1.82) is 0 Å². The van der Waals surface area contributed by atoms with Gasteiger partial charge in [0.1, 0.15) is 17.3 Å². The van der Waals surface area contributed by atoms with Crippen molar-refractivity contribution in [2.45, 2.75) is 25.8 Å². The number of rotatable bonds is 5. The van der Waals surface area contributed by atoms with Gasteiger partial charge in [-0.15, -0.1) is 0 Å². The van der Waals surface area contributed by atoms with E-state index in [-0.39, 0.29) is 12.5 Å². The normalized spacial score (nSPS) is 19.7. The number of halogens is 2. The predicted molar refractivity (Wildman–Crippen MR) is 92.1 cm³/mol. The van der Waals surface area contributed by atoms with E-state index in [0.29, 0.717) is 28.2 Å². The highest BCUT2D eigenvalue weighted by Crippen LogP contribution is 2.47. The lowest BCUT2D eigenvalue weighted by Gasteiger charge is -2.16. The third kappa shape index (κ3) is 3.70. The van der Waals surface area contributed by atoms with E-state index in [1.165, 1.54) is 23.1 Å². The molecule has 0 aliphatic heterocycles. The topological polar surface area (TPSA) is 33.5 Å². The minimum Gasteiger partial charge on any atom is -0.461 e. The van der Waals surface area contributed by atoms with E-state index in [0.717, 1.165) is 12.2 Å². The second-order valence-corrected chi connectivity index (χ2v) is 6.69. The molecule has 2 aromatic rings. The lowest BCUT2D eigenvalue weighted by Crippen LogP contribution is -2.24. The number of hydrogen-bond acceptors (Lipinski definition) is 2. The molecule has 24 heavy (non-hydrogen) atoms. The third-order valence-corrected chi connectivity index (χ3v) is 4.70. The molecule has 1 aliphatic rings. The van der Waals surface area contributed by atoms with Gasteiger partial charge in [0.25, 0.3) is 0 Å². The number of hydrogen-bond donors (Lipinski definition) is 0. The fourth-order valence-electron chi connectivity index (χ4n) is 2.65. The van der Waals surface area contributed by atoms with Crippen LogP contribution in [0.4, 0.5) is 4.39 Å². The Morgan fingerprint density at radius 2 is 2.17 bits per heavy atom. The van der Waals surface area contributed by atoms with Gasteiger partial charge < -0.3 is 9.32 Å². The maximum absolute atomic E-state index is 13.8. The summed E-state index contributed by atoms with van der Waals surface area (Å²) in [6.45, 7) is 2.30. The van der Waals surface area contributed by atoms with Crippen molar-refractivity contribution in [3.63, 3.8) is 0 Å². The Bertz CT molecular complexity index is 763. The van der Waals surface area contributed by atoms with E-state index in [1.807, 2.05) is 12.1 Å². The van der Waals surface area contributed by atoms with Crippen LogP contribution in [0.15, 0.2) is 40.8 Å². The van der Waals surface area contributed by atoms with Gasteiger partial charge in [-0.1, -0.05) is 24.6 Å². The summed E-state index contributed by atoms with van der Waals surface area (Å²) in [5.74, 6) is 2.14. The highest BCUT2D eigenvalue weighted by molar-refractivity contribution is 6.31. The summed E-state index contributed by atoms with van der Waals surface area (Å²) >= 11 is 5.99. The molecule has 0 bridgehead atoms. The van der Waals surface area contributed by atoms with Crippen LogP contribution < -0.4 is 0 Å². The van der Waals surface area contributed by atoms with Crippen LogP contribution in [0.2, 0.25) is 5.02 Å². The van der Waals surface area contributed by atoms with Crippen molar-refractivity contribution in [2.24, 2.45) is 5.92 Å². The van der Waals surface area contributed by atoms with Crippen LogP contribution in [0.1, 0.15) is 36.3 Å². The lowest BCUT2D eigenvalue weighted by atomic mass is 10.2. The second kappa shape index (κ2) is 6.81. The van der Waals surface area contributed by atoms with E-state index >= 15 is 0 Å². The maximum Gasteiger partial charge on any atom is 0.246 e. The van der Waals surface area contributed by atoms with E-state index in [4.69, 9.17) is 16.0 Å². The molecule has 0 spiro atoms. The first-order valence-corrected chi connectivity index (χ1v) is 8.29. The van der Waals surface area contributed by atoms with E-state index in [1.54, 1.807) is 19.2 Å². The summed E-state index contributed by atoms with van der Waals surface area (Å²) in [6.07, 6.45) is 4.22. The molecule has 1 fully saturated rings. The maximum atomic E-state index is 13.8. The SMILES string of the molecule is CC1CC1c1ccc(/C=C/C(=O)N(C)Cc2c(F)cccc2Cl)o1. The average Bonchev–Trinajstić information content (AvgIpc) is 3.09. The van der Waals surface area contributed by atoms with Gasteiger partial charge in [0.05, 0.1) is 0 Å². The molecule has 1 aromatic heterocycles. The molecule has 1 heterocycles. The van der Waals surface area contributed by atoms with E-state index in [2.05, 4.69) is 6.92 Å². The smallest absolute Gasteiger partial charge is 0.246 e. The average molecular weight is 348 g/mol. The first-order chi connectivity index (χ1) is 11.5. The summed E-state index contributed by atoms with van der Waals surface area (Å²) in [4.78, 5) is 13.6. The molecule has 1 saturated carbocycles. The number of amides is 1. The number of furan rings is 1. The minimum atomic E-state index is -0.416. The van der Waals surface area contributed by atoms with Crippen LogP contribution >= 0.6 is 11.6 Å². The lowest BCUT2D eigenvalue weighted by molar-refractivity contribution is -0.125. The number of benzene rings is 1. The number of carbonyl (C=O) groups excluding carboxylic acids is 1. The molecule has 3 rings (SSSR count). The van der Waals surface area contributed by atoms with Crippen molar-refractivity contribution >= 4 is 23.6 Å². The largest absolute Gasteiger partial charge is 0.461 e. The van der Waals surface area contributed by atoms with Crippen molar-refractivity contribution in [2.75, 3.05) is 7.05 Å². The zero-order chi connectivity index (χ0) is 17.3. The van der Waals surface area contributed by atoms with Crippen molar-refractivity contribution in [3.8, 4) is 0 Å². The number of likely N-dealkylation sites (N-methyl/N-ethyl adjacent to an activating group) is 1. The van der Waals surface area contributed by atoms with Crippen molar-refractivity contribution in [1.82, 2.24) is 4.90 Å². The van der Waals surface area contributed by atoms with Crippen LogP contribution in [0.3, 0.4) is 0 Å². The zero-order valence-electron chi connectivity index (χ0n) is 13.6. The van der Waals surface area contributed by atoms with Crippen LogP contribution in [-0.4, -0.2) is 17.9 Å². The van der Waals surface area contributed by atoms with Gasteiger partial charge in [0.2, 0.25) is 5.91 Å². The highest BCUT2D eigenvalue weighted by Gasteiger charge is 2.36. The zero-order valence-corrected chi connectivity index (χ0v) is 14.4. The number of carbonyl (C=O) groups is 1. The fourth-order valence-corrected chi connectivity index (χ4v) is 2.88. The van der Waals surface area contributed by atoms with Crippen LogP contribution in [0.25, 0.3) is 6.08 Å². The minimum absolute atomic E-state index is 0.109. The quantitative estimate of drug-likeness (QED) is 0.723. The Balaban J connectivity index is 1.62. The molecule has 0 N–H and O–H groups in total. The molecule has 2 unspecified atom stereocenters. The Morgan fingerprint density at radius 1 is 1.42 bits per heavy atom. The summed E-state index contributed by atoms with van der Waals surface area (Å²) in [5, 5.41) is 0.313. The standard InChI is InChI=1S/C19H19ClFNO2/c1-12-10-14(12)18-8-6-13(24-18)7-9-19(23)22(2)11-15-16(20)4-3-5-17(15)21/h3-9,12,14H,10-11H2,1-2H3/b9-7+. The van der Waals surface area contributed by atoms with Crippen LogP contribution in [-0.2, 0) is 11.3 Å². The van der Waals surface area contributed by atoms with Gasteiger partial charge in [-0.3, -0.25) is 4.79 Å². The van der Waals surface area contributed by atoms with Crippen LogP contribution in [0.5, 0.6) is 0 Å². The summed E-state index contributed by atoms with van der Waals surface area (Å²) in [5.41, 5.74) is 0.312. The molecule has 0 saturated heterocycles. The van der Waals surface area contributed by atoms with Crippen molar-refractivity contribution in [3.05, 3.63) is 64.3 Å². The first kappa shape index (κ1) is 16.8. The van der Waals surface area contributed by atoms with Crippen molar-refractivity contribution < 1.29 is 13.6 Å². The molecule has 3 nitrogen and oxygen atoms in total. The van der Waals surface area contributed by atoms with Crippen LogP contribution in [0, 0.1) is 11.7 Å². The Morgan fingerprint density at radius 3 is 2.83 bits per heavy atom. The van der Waals surface area contributed by atoms with Gasteiger partial charge in [-0.2, -0.15) is 0 Å². The van der Waals surface area contributed by atoms with Gasteiger partial charge in [0.15, 0.2) is 0 Å². The molecule has 1 amide bonds. The summed E-state index contributed by atoms with van der Waals surface area (Å²) < 4.78 is 19.5. The molecule has 1 aromatic carbocycles. The molecular weight excluding hydrogens is 329 g/mol. The Labute approximate surface area is 145 Å². The van der Waals surface area contributed by atoms with Gasteiger partial charge >= 0.3 is 0 Å². The summed E-state index contributed by atoms with van der Waals surface area (Å²) in [6, 6.07) is 8.30. The molecule has 2 atom stereocenters. The summed E-state index contributed by atoms with van der Waals surface area (Å²) in [7, 11) is 1.61. The Kier molecular flexibility index (Phi) is 4.76. The second-order valence-electron chi connectivity index (χ2n) is 6.29. The number of nitrogens with zero attached hydrogens (tertiary/aromatic N) is 1. The van der Waals surface area contributed by atoms with Gasteiger partial charge in [0, 0.05) is 36.2 Å². The first-order valence-electron chi connectivity index (χ1n) is 7.91. The molecular formula is C19H19ClFNO2. The van der Waals surface area contributed by atoms with Gasteiger partial charge in [-0.05, 0) is 42.7 Å². The fraction of sp³-hybridized carbons (Fsp3) is 0.316. The Hall–Kier alpha value is -2.07. The molecule has 5 heteroatoms. The molecule has 1 aliphatic carbocycles. The molecule has 126 valence electrons. The highest BCUT2D eigenvalue weighted by atomic mass is 35.5. The van der Waals surface area contributed by atoms with E-state index < -0.39 is 5.82 Å².